The minimum atomic E-state index is -4.02. The Morgan fingerprint density at radius 1 is 0.583 bits per heavy atom. The van der Waals surface area contributed by atoms with Gasteiger partial charge < -0.3 is 9.79 Å². The van der Waals surface area contributed by atoms with E-state index in [0.717, 1.165) is 0 Å². The van der Waals surface area contributed by atoms with E-state index in [1.165, 1.54) is 23.3 Å². The number of rotatable bonds is 1. The van der Waals surface area contributed by atoms with Gasteiger partial charge in [-0.2, -0.15) is 0 Å². The third-order valence-electron chi connectivity index (χ3n) is 2.97. The lowest BCUT2D eigenvalue weighted by Gasteiger charge is -2.00. The van der Waals surface area contributed by atoms with Crippen molar-refractivity contribution in [3.05, 3.63) is 102 Å². The van der Waals surface area contributed by atoms with Gasteiger partial charge in [-0.3, -0.25) is 4.57 Å². The lowest BCUT2D eigenvalue weighted by molar-refractivity contribution is 0.387. The van der Waals surface area contributed by atoms with Crippen LogP contribution in [0.15, 0.2) is 91.0 Å². The van der Waals surface area contributed by atoms with Gasteiger partial charge in [-0.1, -0.05) is 90.0 Å². The molecule has 0 aliphatic carbocycles. The quantitative estimate of drug-likeness (QED) is 0.641. The zero-order valence-electron chi connectivity index (χ0n) is 13.9. The van der Waals surface area contributed by atoms with Crippen LogP contribution in [0.3, 0.4) is 0 Å². The van der Waals surface area contributed by atoms with Crippen molar-refractivity contribution in [2.75, 3.05) is 0 Å². The first-order valence-electron chi connectivity index (χ1n) is 7.54. The van der Waals surface area contributed by atoms with E-state index in [9.17, 15) is 4.57 Å². The van der Waals surface area contributed by atoms with E-state index in [0.29, 0.717) is 0 Å². The van der Waals surface area contributed by atoms with Gasteiger partial charge in [0, 0.05) is 0 Å². The Kier molecular flexibility index (Phi) is 8.74. The van der Waals surface area contributed by atoms with Crippen LogP contribution in [0.5, 0.6) is 0 Å². The molecule has 0 aliphatic rings. The van der Waals surface area contributed by atoms with Crippen molar-refractivity contribution in [3.63, 3.8) is 0 Å². The van der Waals surface area contributed by atoms with Gasteiger partial charge in [-0.15, -0.1) is 0 Å². The molecule has 24 heavy (non-hydrogen) atoms. The molecule has 0 spiro atoms. The summed E-state index contributed by atoms with van der Waals surface area (Å²) in [6.45, 7) is 4.17. The van der Waals surface area contributed by atoms with Gasteiger partial charge in [0.15, 0.2) is 0 Å². The Morgan fingerprint density at radius 2 is 0.875 bits per heavy atom. The van der Waals surface area contributed by atoms with Crippen LogP contribution < -0.4 is 5.30 Å². The minimum Gasteiger partial charge on any atom is -0.321 e. The van der Waals surface area contributed by atoms with E-state index in [1.807, 2.05) is 36.4 Å². The standard InChI is InChI=1S/2C7H8.C6H7O3P/c2*1-7-5-3-2-4-6-7;7-10(8,9)6-4-2-1-3-5-6/h2*2-6H,1H3;1-5H,(H2,7,8,9). The maximum Gasteiger partial charge on any atom is 0.356 e. The molecule has 2 N–H and O–H groups in total. The van der Waals surface area contributed by atoms with Crippen molar-refractivity contribution in [1.29, 1.82) is 0 Å². The summed E-state index contributed by atoms with van der Waals surface area (Å²) in [6, 6.07) is 28.2. The van der Waals surface area contributed by atoms with Gasteiger partial charge in [0.25, 0.3) is 0 Å². The highest BCUT2D eigenvalue weighted by molar-refractivity contribution is 7.60. The van der Waals surface area contributed by atoms with E-state index in [1.54, 1.807) is 18.2 Å². The highest BCUT2D eigenvalue weighted by atomic mass is 31.2. The first-order chi connectivity index (χ1) is 11.4. The van der Waals surface area contributed by atoms with Crippen molar-refractivity contribution in [2.24, 2.45) is 0 Å². The Bertz CT molecular complexity index is 685. The summed E-state index contributed by atoms with van der Waals surface area (Å²) in [5, 5.41) is 0.0648. The molecule has 3 aromatic rings. The summed E-state index contributed by atoms with van der Waals surface area (Å²) < 4.78 is 10.5. The van der Waals surface area contributed by atoms with Crippen LogP contribution in [0.2, 0.25) is 0 Å². The van der Waals surface area contributed by atoms with E-state index in [4.69, 9.17) is 9.79 Å². The molecule has 0 aliphatic heterocycles. The summed E-state index contributed by atoms with van der Waals surface area (Å²) >= 11 is 0. The molecule has 0 amide bonds. The molecular formula is C20H23O3P. The number of benzene rings is 3. The van der Waals surface area contributed by atoms with E-state index in [-0.39, 0.29) is 5.30 Å². The molecule has 0 bridgehead atoms. The zero-order valence-corrected chi connectivity index (χ0v) is 14.8. The zero-order chi connectivity index (χ0) is 17.8. The average Bonchev–Trinajstić information content (AvgIpc) is 2.57. The number of hydrogen-bond donors (Lipinski definition) is 2. The van der Waals surface area contributed by atoms with Crippen molar-refractivity contribution in [2.45, 2.75) is 13.8 Å². The maximum atomic E-state index is 10.5. The number of aryl methyl sites for hydroxylation is 2. The Morgan fingerprint density at radius 3 is 1.04 bits per heavy atom. The molecule has 0 saturated heterocycles. The van der Waals surface area contributed by atoms with Gasteiger partial charge in [0.1, 0.15) is 0 Å². The molecule has 3 nitrogen and oxygen atoms in total. The summed E-state index contributed by atoms with van der Waals surface area (Å²) in [4.78, 5) is 17.2. The second-order valence-electron chi connectivity index (χ2n) is 5.19. The van der Waals surface area contributed by atoms with E-state index >= 15 is 0 Å². The monoisotopic (exact) mass is 342 g/mol. The van der Waals surface area contributed by atoms with E-state index in [2.05, 4.69) is 38.1 Å². The van der Waals surface area contributed by atoms with Crippen molar-refractivity contribution < 1.29 is 14.4 Å². The van der Waals surface area contributed by atoms with Crippen molar-refractivity contribution in [3.8, 4) is 0 Å². The third-order valence-corrected chi connectivity index (χ3v) is 3.94. The smallest absolute Gasteiger partial charge is 0.321 e. The highest BCUT2D eigenvalue weighted by Gasteiger charge is 2.14. The molecule has 3 aromatic carbocycles. The SMILES string of the molecule is Cc1ccccc1.Cc1ccccc1.O=P(O)(O)c1ccccc1. The van der Waals surface area contributed by atoms with Crippen molar-refractivity contribution in [1.82, 2.24) is 0 Å². The van der Waals surface area contributed by atoms with Crippen molar-refractivity contribution >= 4 is 12.9 Å². The molecule has 0 aromatic heterocycles. The van der Waals surface area contributed by atoms with Crippen LogP contribution in [-0.2, 0) is 4.57 Å². The van der Waals surface area contributed by atoms with E-state index < -0.39 is 7.60 Å². The van der Waals surface area contributed by atoms with Crippen LogP contribution in [-0.4, -0.2) is 9.79 Å². The van der Waals surface area contributed by atoms with Crippen LogP contribution in [0, 0.1) is 13.8 Å². The second-order valence-corrected chi connectivity index (χ2v) is 6.79. The predicted octanol–water partition coefficient (Wildman–Crippen LogP) is 4.48. The predicted molar refractivity (Wildman–Crippen MR) is 100 cm³/mol. The fourth-order valence-corrected chi connectivity index (χ4v) is 2.25. The highest BCUT2D eigenvalue weighted by Crippen LogP contribution is 2.32. The summed E-state index contributed by atoms with van der Waals surface area (Å²) in [6.07, 6.45) is 0. The minimum absolute atomic E-state index is 0.0648. The summed E-state index contributed by atoms with van der Waals surface area (Å²) in [7, 11) is -4.02. The lowest BCUT2D eigenvalue weighted by Crippen LogP contribution is -2.01. The Labute approximate surface area is 143 Å². The molecule has 0 radical (unpaired) electrons. The topological polar surface area (TPSA) is 57.5 Å². The lowest BCUT2D eigenvalue weighted by atomic mass is 10.2. The van der Waals surface area contributed by atoms with Crippen LogP contribution in [0.1, 0.15) is 11.1 Å². The third kappa shape index (κ3) is 9.06. The molecule has 0 unspecified atom stereocenters. The second kappa shape index (κ2) is 10.6. The molecule has 0 atom stereocenters. The van der Waals surface area contributed by atoms with Crippen LogP contribution >= 0.6 is 7.60 Å². The molecule has 0 fully saturated rings. The molecule has 0 saturated carbocycles. The first-order valence-corrected chi connectivity index (χ1v) is 9.15. The maximum absolute atomic E-state index is 10.5. The van der Waals surface area contributed by atoms with Crippen LogP contribution in [0.25, 0.3) is 0 Å². The van der Waals surface area contributed by atoms with Gasteiger partial charge >= 0.3 is 7.60 Å². The molecule has 126 valence electrons. The largest absolute Gasteiger partial charge is 0.356 e. The van der Waals surface area contributed by atoms with Gasteiger partial charge in [0.2, 0.25) is 0 Å². The fourth-order valence-electron chi connectivity index (χ4n) is 1.69. The molecular weight excluding hydrogens is 319 g/mol. The molecule has 0 heterocycles. The van der Waals surface area contributed by atoms with Gasteiger partial charge in [0.05, 0.1) is 5.30 Å². The average molecular weight is 342 g/mol. The summed E-state index contributed by atoms with van der Waals surface area (Å²) in [5.41, 5.74) is 2.64. The summed E-state index contributed by atoms with van der Waals surface area (Å²) in [5.74, 6) is 0. The number of hydrogen-bond acceptors (Lipinski definition) is 1. The Balaban J connectivity index is 0.000000185. The van der Waals surface area contributed by atoms with Crippen LogP contribution in [0.4, 0.5) is 0 Å². The first kappa shape index (κ1) is 19.9. The molecule has 4 heteroatoms. The normalized spacial score (nSPS) is 9.83. The van der Waals surface area contributed by atoms with Gasteiger partial charge in [-0.05, 0) is 26.0 Å². The fraction of sp³-hybridized carbons (Fsp3) is 0.100. The Hall–Kier alpha value is -2.19. The van der Waals surface area contributed by atoms with Gasteiger partial charge in [-0.25, -0.2) is 0 Å². The molecule has 3 rings (SSSR count).